The number of sulfonamides is 1. The summed E-state index contributed by atoms with van der Waals surface area (Å²) in [6.45, 7) is 9.69. The number of nitrogens with zero attached hydrogens (tertiary/aromatic N) is 3. The highest BCUT2D eigenvalue weighted by Crippen LogP contribution is 2.26. The van der Waals surface area contributed by atoms with Crippen LogP contribution >= 0.6 is 0 Å². The Balaban J connectivity index is 1.82. The second-order valence-electron chi connectivity index (χ2n) is 8.57. The van der Waals surface area contributed by atoms with Gasteiger partial charge in [0.05, 0.1) is 31.0 Å². The molecule has 3 aromatic rings. The van der Waals surface area contributed by atoms with Crippen LogP contribution < -0.4 is 14.5 Å². The maximum absolute atomic E-state index is 12.8. The van der Waals surface area contributed by atoms with Crippen LogP contribution in [-0.4, -0.2) is 44.5 Å². The number of hydrazone groups is 1. The van der Waals surface area contributed by atoms with Gasteiger partial charge in [-0.2, -0.15) is 5.10 Å². The average Bonchev–Trinajstić information content (AvgIpc) is 3.06. The van der Waals surface area contributed by atoms with E-state index in [1.807, 2.05) is 26.0 Å². The third-order valence-corrected chi connectivity index (χ3v) is 7.17. The van der Waals surface area contributed by atoms with Crippen LogP contribution in [0.1, 0.15) is 35.0 Å². The van der Waals surface area contributed by atoms with E-state index in [1.165, 1.54) is 14.0 Å². The highest BCUT2D eigenvalue weighted by atomic mass is 32.2. The summed E-state index contributed by atoms with van der Waals surface area (Å²) < 4.78 is 33.3. The molecular formula is C26H32N4O4S. The molecule has 0 fully saturated rings. The summed E-state index contributed by atoms with van der Waals surface area (Å²) in [4.78, 5) is 12.8. The molecule has 9 heteroatoms. The molecule has 0 saturated carbocycles. The number of nitrogens with one attached hydrogen (secondary N) is 1. The van der Waals surface area contributed by atoms with Crippen LogP contribution in [0.25, 0.3) is 5.69 Å². The first-order valence-electron chi connectivity index (χ1n) is 11.2. The van der Waals surface area contributed by atoms with Crippen molar-refractivity contribution in [2.24, 2.45) is 5.10 Å². The van der Waals surface area contributed by atoms with Crippen LogP contribution in [0.3, 0.4) is 0 Å². The number of aromatic nitrogens is 1. The minimum Gasteiger partial charge on any atom is -0.497 e. The summed E-state index contributed by atoms with van der Waals surface area (Å²) in [5.41, 5.74) is 9.19. The molecule has 0 aliphatic carbocycles. The van der Waals surface area contributed by atoms with Crippen molar-refractivity contribution in [3.63, 3.8) is 0 Å². The first-order valence-corrected chi connectivity index (χ1v) is 13.0. The Bertz CT molecular complexity index is 1340. The molecule has 186 valence electrons. The Morgan fingerprint density at radius 3 is 2.23 bits per heavy atom. The van der Waals surface area contributed by atoms with Gasteiger partial charge >= 0.3 is 0 Å². The van der Waals surface area contributed by atoms with Gasteiger partial charge in [0.2, 0.25) is 10.0 Å². The van der Waals surface area contributed by atoms with Gasteiger partial charge in [0, 0.05) is 17.0 Å². The van der Waals surface area contributed by atoms with E-state index in [2.05, 4.69) is 41.1 Å². The van der Waals surface area contributed by atoms with E-state index < -0.39 is 22.0 Å². The molecule has 0 aliphatic rings. The third-order valence-electron chi connectivity index (χ3n) is 5.93. The van der Waals surface area contributed by atoms with Gasteiger partial charge in [0.25, 0.3) is 5.91 Å². The van der Waals surface area contributed by atoms with E-state index in [9.17, 15) is 13.2 Å². The zero-order chi connectivity index (χ0) is 25.9. The highest BCUT2D eigenvalue weighted by Gasteiger charge is 2.29. The fraction of sp³-hybridized carbons (Fsp3) is 0.308. The topological polar surface area (TPSA) is 93.0 Å². The van der Waals surface area contributed by atoms with Gasteiger partial charge in [-0.3, -0.25) is 9.10 Å². The quantitative estimate of drug-likeness (QED) is 0.377. The normalized spacial score (nSPS) is 12.5. The Labute approximate surface area is 207 Å². The highest BCUT2D eigenvalue weighted by molar-refractivity contribution is 7.92. The number of methoxy groups -OCH3 is 1. The predicted molar refractivity (Wildman–Crippen MR) is 140 cm³/mol. The van der Waals surface area contributed by atoms with Gasteiger partial charge in [0.1, 0.15) is 11.8 Å². The minimum absolute atomic E-state index is 0.358. The first kappa shape index (κ1) is 26.0. The first-order chi connectivity index (χ1) is 16.5. The average molecular weight is 497 g/mol. The zero-order valence-corrected chi connectivity index (χ0v) is 22.0. The van der Waals surface area contributed by atoms with Crippen LogP contribution in [0.2, 0.25) is 0 Å². The molecular weight excluding hydrogens is 464 g/mol. The van der Waals surface area contributed by atoms with Crippen LogP contribution in [0.4, 0.5) is 5.69 Å². The molecule has 3 rings (SSSR count). The number of para-hydroxylation sites is 1. The second kappa shape index (κ2) is 10.4. The van der Waals surface area contributed by atoms with Crippen LogP contribution in [0.15, 0.2) is 53.6 Å². The fourth-order valence-corrected chi connectivity index (χ4v) is 5.39. The van der Waals surface area contributed by atoms with Gasteiger partial charge in [-0.1, -0.05) is 18.2 Å². The standard InChI is InChI=1S/C26H32N4O4S/c1-17-9-8-10-18(2)25(17)29-19(3)15-22(20(29)4)16-27-28-26(31)21(5)30(35(7,32)33)23-11-13-24(34-6)14-12-23/h8-16,21H,1-7H3,(H,28,31)/b27-16-/t21-/m1/s1. The van der Waals surface area contributed by atoms with Crippen LogP contribution in [-0.2, 0) is 14.8 Å². The predicted octanol–water partition coefficient (Wildman–Crippen LogP) is 4.02. The van der Waals surface area contributed by atoms with Gasteiger partial charge in [-0.05, 0) is 76.1 Å². The molecule has 0 spiro atoms. The molecule has 8 nitrogen and oxygen atoms in total. The summed E-state index contributed by atoms with van der Waals surface area (Å²) in [6.07, 6.45) is 2.64. The molecule has 35 heavy (non-hydrogen) atoms. The maximum atomic E-state index is 12.8. The van der Waals surface area contributed by atoms with Gasteiger partial charge < -0.3 is 9.30 Å². The summed E-state index contributed by atoms with van der Waals surface area (Å²) in [5, 5.41) is 4.12. The molecule has 1 amide bonds. The molecule has 1 heterocycles. The van der Waals surface area contributed by atoms with Crippen molar-refractivity contribution in [3.05, 3.63) is 76.6 Å². The van der Waals surface area contributed by atoms with Crippen molar-refractivity contribution < 1.29 is 17.9 Å². The number of hydrogen-bond donors (Lipinski definition) is 1. The van der Waals surface area contributed by atoms with Crippen LogP contribution in [0, 0.1) is 27.7 Å². The number of carbonyl (C=O) groups excluding carboxylic acids is 1. The maximum Gasteiger partial charge on any atom is 0.263 e. The summed E-state index contributed by atoms with van der Waals surface area (Å²) in [6, 6.07) is 13.6. The summed E-state index contributed by atoms with van der Waals surface area (Å²) >= 11 is 0. The number of amides is 1. The lowest BCUT2D eigenvalue weighted by atomic mass is 10.1. The third kappa shape index (κ3) is 5.57. The smallest absolute Gasteiger partial charge is 0.263 e. The van der Waals surface area contributed by atoms with E-state index in [0.717, 1.165) is 44.3 Å². The van der Waals surface area contributed by atoms with E-state index in [0.29, 0.717) is 11.4 Å². The molecule has 0 unspecified atom stereocenters. The van der Waals surface area contributed by atoms with Crippen molar-refractivity contribution in [2.75, 3.05) is 17.7 Å². The van der Waals surface area contributed by atoms with E-state index >= 15 is 0 Å². The number of carbonyl (C=O) groups is 1. The van der Waals surface area contributed by atoms with Gasteiger partial charge in [0.15, 0.2) is 0 Å². The Kier molecular flexibility index (Phi) is 7.70. The number of anilines is 1. The molecule has 0 aliphatic heterocycles. The van der Waals surface area contributed by atoms with E-state index in [1.54, 1.807) is 30.5 Å². The van der Waals surface area contributed by atoms with Crippen molar-refractivity contribution >= 4 is 27.8 Å². The van der Waals surface area contributed by atoms with E-state index in [4.69, 9.17) is 4.74 Å². The molecule has 2 aromatic carbocycles. The summed E-state index contributed by atoms with van der Waals surface area (Å²) in [5.74, 6) is 0.0356. The Morgan fingerprint density at radius 2 is 1.69 bits per heavy atom. The number of rotatable bonds is 8. The molecule has 0 radical (unpaired) electrons. The van der Waals surface area contributed by atoms with E-state index in [-0.39, 0.29) is 0 Å². The monoisotopic (exact) mass is 496 g/mol. The lowest BCUT2D eigenvalue weighted by Crippen LogP contribution is -2.46. The SMILES string of the molecule is COc1ccc(N([C@H](C)C(=O)N/N=C\c2cc(C)n(-c3c(C)cccc3C)c2C)S(C)(=O)=O)cc1. The number of ether oxygens (including phenoxy) is 1. The largest absolute Gasteiger partial charge is 0.497 e. The second-order valence-corrected chi connectivity index (χ2v) is 10.4. The molecule has 0 bridgehead atoms. The van der Waals surface area contributed by atoms with Crippen molar-refractivity contribution in [2.45, 2.75) is 40.7 Å². The fourth-order valence-electron chi connectivity index (χ4n) is 4.22. The summed E-state index contributed by atoms with van der Waals surface area (Å²) in [7, 11) is -2.21. The minimum atomic E-state index is -3.73. The van der Waals surface area contributed by atoms with Crippen molar-refractivity contribution in [1.82, 2.24) is 9.99 Å². The van der Waals surface area contributed by atoms with Gasteiger partial charge in [-0.15, -0.1) is 0 Å². The van der Waals surface area contributed by atoms with Crippen molar-refractivity contribution in [1.29, 1.82) is 0 Å². The van der Waals surface area contributed by atoms with Crippen LogP contribution in [0.5, 0.6) is 5.75 Å². The molecule has 1 N–H and O–H groups in total. The van der Waals surface area contributed by atoms with Crippen molar-refractivity contribution in [3.8, 4) is 11.4 Å². The molecule has 0 saturated heterocycles. The Hall–Kier alpha value is -3.59. The Morgan fingerprint density at radius 1 is 1.09 bits per heavy atom. The lowest BCUT2D eigenvalue weighted by molar-refractivity contribution is -0.121. The number of hydrogen-bond acceptors (Lipinski definition) is 5. The number of benzene rings is 2. The molecule has 1 aromatic heterocycles. The molecule has 1 atom stereocenters. The number of aryl methyl sites for hydroxylation is 3. The lowest BCUT2D eigenvalue weighted by Gasteiger charge is -2.27. The zero-order valence-electron chi connectivity index (χ0n) is 21.2. The van der Waals surface area contributed by atoms with Gasteiger partial charge in [-0.25, -0.2) is 13.8 Å².